The molecule has 0 saturated carbocycles. The van der Waals surface area contributed by atoms with Crippen molar-refractivity contribution in [2.75, 3.05) is 14.2 Å². The van der Waals surface area contributed by atoms with E-state index in [0.29, 0.717) is 17.7 Å². The number of benzene rings is 1. The van der Waals surface area contributed by atoms with Crippen molar-refractivity contribution in [3.63, 3.8) is 0 Å². The van der Waals surface area contributed by atoms with Crippen molar-refractivity contribution in [2.24, 2.45) is 5.10 Å². The highest BCUT2D eigenvalue weighted by molar-refractivity contribution is 6.02. The van der Waals surface area contributed by atoms with Gasteiger partial charge >= 0.3 is 5.97 Å². The van der Waals surface area contributed by atoms with Crippen LogP contribution >= 0.6 is 0 Å². The Morgan fingerprint density at radius 2 is 1.62 bits per heavy atom. The molecule has 0 aliphatic heterocycles. The predicted octanol–water partition coefficient (Wildman–Crippen LogP) is 4.77. The number of hydrazone groups is 1. The van der Waals surface area contributed by atoms with E-state index >= 15 is 0 Å². The highest BCUT2D eigenvalue weighted by atomic mass is 16.5. The SMILES string of the molecule is CCCCCCCCCCCC(=O)N/N=C\c1ccc(OC)c(OC)c1C(=O)O. The van der Waals surface area contributed by atoms with E-state index in [1.165, 1.54) is 59.0 Å². The Kier molecular flexibility index (Phi) is 12.2. The van der Waals surface area contributed by atoms with Crippen LogP contribution in [0.25, 0.3) is 0 Å². The zero-order chi connectivity index (χ0) is 21.5. The molecule has 0 bridgehead atoms. The Bertz CT molecular complexity index is 673. The van der Waals surface area contributed by atoms with Crippen molar-refractivity contribution in [3.8, 4) is 11.5 Å². The van der Waals surface area contributed by atoms with Crippen LogP contribution < -0.4 is 14.9 Å². The zero-order valence-electron chi connectivity index (χ0n) is 17.8. The maximum absolute atomic E-state index is 11.9. The van der Waals surface area contributed by atoms with Crippen LogP contribution in [0.5, 0.6) is 11.5 Å². The Morgan fingerprint density at radius 1 is 1.00 bits per heavy atom. The summed E-state index contributed by atoms with van der Waals surface area (Å²) >= 11 is 0. The molecule has 0 saturated heterocycles. The van der Waals surface area contributed by atoms with Gasteiger partial charge in [-0.3, -0.25) is 4.79 Å². The average molecular weight is 407 g/mol. The van der Waals surface area contributed by atoms with Gasteiger partial charge in [0.15, 0.2) is 11.5 Å². The summed E-state index contributed by atoms with van der Waals surface area (Å²) in [5.41, 5.74) is 2.71. The molecular weight excluding hydrogens is 372 g/mol. The molecule has 1 aromatic carbocycles. The molecule has 0 aromatic heterocycles. The van der Waals surface area contributed by atoms with Crippen molar-refractivity contribution >= 4 is 18.1 Å². The van der Waals surface area contributed by atoms with Gasteiger partial charge in [0, 0.05) is 12.0 Å². The number of methoxy groups -OCH3 is 2. The maximum atomic E-state index is 11.9. The number of unbranched alkanes of at least 4 members (excludes halogenated alkanes) is 8. The van der Waals surface area contributed by atoms with Crippen LogP contribution in [0.2, 0.25) is 0 Å². The third-order valence-electron chi connectivity index (χ3n) is 4.69. The average Bonchev–Trinajstić information content (AvgIpc) is 2.71. The largest absolute Gasteiger partial charge is 0.493 e. The number of hydrogen-bond donors (Lipinski definition) is 2. The molecule has 0 aliphatic carbocycles. The third kappa shape index (κ3) is 8.98. The van der Waals surface area contributed by atoms with Crippen LogP contribution in [-0.4, -0.2) is 37.4 Å². The number of rotatable bonds is 15. The molecule has 0 unspecified atom stereocenters. The van der Waals surface area contributed by atoms with Gasteiger partial charge in [-0.25, -0.2) is 10.2 Å². The second-order valence-electron chi connectivity index (χ2n) is 6.94. The second-order valence-corrected chi connectivity index (χ2v) is 6.94. The Balaban J connectivity index is 2.41. The fraction of sp³-hybridized carbons (Fsp3) is 0.591. The third-order valence-corrected chi connectivity index (χ3v) is 4.69. The van der Waals surface area contributed by atoms with Crippen LogP contribution in [0, 0.1) is 0 Å². The molecule has 29 heavy (non-hydrogen) atoms. The minimum Gasteiger partial charge on any atom is -0.493 e. The first-order chi connectivity index (χ1) is 14.0. The van der Waals surface area contributed by atoms with E-state index in [1.807, 2.05) is 0 Å². The molecule has 0 aliphatic rings. The summed E-state index contributed by atoms with van der Waals surface area (Å²) in [4.78, 5) is 23.5. The zero-order valence-corrected chi connectivity index (χ0v) is 17.8. The number of nitrogens with one attached hydrogen (secondary N) is 1. The molecule has 2 N–H and O–H groups in total. The van der Waals surface area contributed by atoms with Gasteiger partial charge in [0.05, 0.1) is 20.4 Å². The van der Waals surface area contributed by atoms with Gasteiger partial charge in [0.25, 0.3) is 0 Å². The van der Waals surface area contributed by atoms with Gasteiger partial charge in [-0.15, -0.1) is 0 Å². The topological polar surface area (TPSA) is 97.2 Å². The van der Waals surface area contributed by atoms with Gasteiger partial charge in [0.2, 0.25) is 5.91 Å². The summed E-state index contributed by atoms with van der Waals surface area (Å²) in [5.74, 6) is -0.911. The van der Waals surface area contributed by atoms with E-state index in [4.69, 9.17) is 9.47 Å². The number of aromatic carboxylic acids is 1. The van der Waals surface area contributed by atoms with Crippen LogP contribution in [0.1, 0.15) is 87.1 Å². The van der Waals surface area contributed by atoms with E-state index in [2.05, 4.69) is 17.5 Å². The summed E-state index contributed by atoms with van der Waals surface area (Å²) < 4.78 is 10.3. The number of carbonyl (C=O) groups excluding carboxylic acids is 1. The quantitative estimate of drug-likeness (QED) is 0.248. The maximum Gasteiger partial charge on any atom is 0.340 e. The summed E-state index contributed by atoms with van der Waals surface area (Å²) in [6.45, 7) is 2.22. The number of carboxylic acid groups (broad SMARTS) is 1. The number of carbonyl (C=O) groups is 2. The minimum absolute atomic E-state index is 0.0659. The van der Waals surface area contributed by atoms with E-state index in [-0.39, 0.29) is 17.2 Å². The summed E-state index contributed by atoms with van der Waals surface area (Å²) in [6, 6.07) is 3.15. The molecule has 0 heterocycles. The van der Waals surface area contributed by atoms with E-state index in [1.54, 1.807) is 12.1 Å². The van der Waals surface area contributed by atoms with E-state index < -0.39 is 5.97 Å². The van der Waals surface area contributed by atoms with Crippen molar-refractivity contribution in [3.05, 3.63) is 23.3 Å². The first-order valence-electron chi connectivity index (χ1n) is 10.3. The van der Waals surface area contributed by atoms with Crippen molar-refractivity contribution in [1.82, 2.24) is 5.43 Å². The van der Waals surface area contributed by atoms with Crippen molar-refractivity contribution < 1.29 is 24.2 Å². The lowest BCUT2D eigenvalue weighted by Crippen LogP contribution is -2.17. The fourth-order valence-corrected chi connectivity index (χ4v) is 3.10. The fourth-order valence-electron chi connectivity index (χ4n) is 3.10. The minimum atomic E-state index is -1.16. The smallest absolute Gasteiger partial charge is 0.340 e. The van der Waals surface area contributed by atoms with Crippen LogP contribution in [0.15, 0.2) is 17.2 Å². The molecule has 7 heteroatoms. The molecule has 1 rings (SSSR count). The Morgan fingerprint density at radius 3 is 2.17 bits per heavy atom. The van der Waals surface area contributed by atoms with Gasteiger partial charge in [-0.2, -0.15) is 5.10 Å². The molecule has 0 radical (unpaired) electrons. The predicted molar refractivity (Wildman–Crippen MR) is 114 cm³/mol. The molecule has 0 spiro atoms. The van der Waals surface area contributed by atoms with Gasteiger partial charge in [0.1, 0.15) is 5.56 Å². The molecule has 162 valence electrons. The van der Waals surface area contributed by atoms with Gasteiger partial charge in [-0.1, -0.05) is 58.3 Å². The molecule has 0 fully saturated rings. The monoisotopic (exact) mass is 406 g/mol. The number of amides is 1. The Hall–Kier alpha value is -2.57. The number of hydrogen-bond acceptors (Lipinski definition) is 5. The normalized spacial score (nSPS) is 10.9. The van der Waals surface area contributed by atoms with Crippen LogP contribution in [0.4, 0.5) is 0 Å². The van der Waals surface area contributed by atoms with Crippen LogP contribution in [-0.2, 0) is 4.79 Å². The van der Waals surface area contributed by atoms with Crippen molar-refractivity contribution in [2.45, 2.75) is 71.1 Å². The molecule has 0 atom stereocenters. The van der Waals surface area contributed by atoms with E-state index in [0.717, 1.165) is 19.3 Å². The molecule has 1 aromatic rings. The molecule has 7 nitrogen and oxygen atoms in total. The van der Waals surface area contributed by atoms with Gasteiger partial charge in [-0.05, 0) is 18.6 Å². The van der Waals surface area contributed by atoms with Crippen LogP contribution in [0.3, 0.4) is 0 Å². The van der Waals surface area contributed by atoms with Crippen molar-refractivity contribution in [1.29, 1.82) is 0 Å². The number of carboxylic acids is 1. The lowest BCUT2D eigenvalue weighted by molar-refractivity contribution is -0.121. The number of ether oxygens (including phenoxy) is 2. The highest BCUT2D eigenvalue weighted by Crippen LogP contribution is 2.32. The lowest BCUT2D eigenvalue weighted by atomic mass is 10.1. The molecule has 1 amide bonds. The second kappa shape index (κ2) is 14.4. The summed E-state index contributed by atoms with van der Waals surface area (Å²) in [5, 5.41) is 13.4. The van der Waals surface area contributed by atoms with Gasteiger partial charge < -0.3 is 14.6 Å². The lowest BCUT2D eigenvalue weighted by Gasteiger charge is -2.12. The standard InChI is InChI=1S/C22H34N2O5/c1-4-5-6-7-8-9-10-11-12-13-19(25)24-23-16-17-14-15-18(28-2)21(29-3)20(17)22(26)27/h14-16H,4-13H2,1-3H3,(H,24,25)(H,26,27)/b23-16-. The van der Waals surface area contributed by atoms with E-state index in [9.17, 15) is 14.7 Å². The number of nitrogens with zero attached hydrogens (tertiary/aromatic N) is 1. The molecular formula is C22H34N2O5. The first-order valence-corrected chi connectivity index (χ1v) is 10.3. The summed E-state index contributed by atoms with van der Waals surface area (Å²) in [7, 11) is 2.81. The Labute approximate surface area is 173 Å². The summed E-state index contributed by atoms with van der Waals surface area (Å²) in [6.07, 6.45) is 12.4. The first kappa shape index (κ1) is 24.5. The highest BCUT2D eigenvalue weighted by Gasteiger charge is 2.20.